The van der Waals surface area contributed by atoms with E-state index >= 15 is 0 Å². The highest BCUT2D eigenvalue weighted by Gasteiger charge is 2.20. The Labute approximate surface area is 115 Å². The van der Waals surface area contributed by atoms with Gasteiger partial charge in [-0.15, -0.1) is 0 Å². The monoisotopic (exact) mass is 264 g/mol. The molecule has 0 fully saturated rings. The number of ether oxygens (including phenoxy) is 1. The van der Waals surface area contributed by atoms with Crippen molar-refractivity contribution in [2.45, 2.75) is 20.3 Å². The lowest BCUT2D eigenvalue weighted by molar-refractivity contribution is 0.278. The molecule has 4 heteroatoms. The van der Waals surface area contributed by atoms with Gasteiger partial charge in [0.2, 0.25) is 0 Å². The summed E-state index contributed by atoms with van der Waals surface area (Å²) in [6.07, 6.45) is 2.15. The van der Waals surface area contributed by atoms with Crippen LogP contribution in [-0.4, -0.2) is 44.5 Å². The van der Waals surface area contributed by atoms with Gasteiger partial charge in [-0.2, -0.15) is 0 Å². The SMILES string of the molecule is C.OCCN1CCOc2cc3c(cc21)CCNCC3. The molecule has 0 unspecified atom stereocenters. The number of nitrogens with zero attached hydrogens (tertiary/aromatic N) is 1. The summed E-state index contributed by atoms with van der Waals surface area (Å²) in [5.74, 6) is 0.982. The average molecular weight is 264 g/mol. The van der Waals surface area contributed by atoms with Crippen molar-refractivity contribution in [2.75, 3.05) is 44.3 Å². The number of aliphatic hydroxyl groups is 1. The Kier molecular flexibility index (Phi) is 4.66. The van der Waals surface area contributed by atoms with Crippen LogP contribution in [-0.2, 0) is 12.8 Å². The molecule has 0 bridgehead atoms. The number of fused-ring (bicyclic) bond motifs is 2. The van der Waals surface area contributed by atoms with Gasteiger partial charge in [0.15, 0.2) is 0 Å². The third kappa shape index (κ3) is 2.85. The van der Waals surface area contributed by atoms with E-state index in [0.717, 1.165) is 43.9 Å². The molecule has 2 aliphatic rings. The molecule has 1 aromatic carbocycles. The van der Waals surface area contributed by atoms with E-state index in [4.69, 9.17) is 9.84 Å². The zero-order chi connectivity index (χ0) is 12.4. The molecule has 0 aliphatic carbocycles. The van der Waals surface area contributed by atoms with Crippen molar-refractivity contribution in [3.63, 3.8) is 0 Å². The van der Waals surface area contributed by atoms with Gasteiger partial charge in [0.1, 0.15) is 12.4 Å². The molecule has 2 N–H and O–H groups in total. The Morgan fingerprint density at radius 1 is 1.21 bits per heavy atom. The molecule has 2 aliphatic heterocycles. The average Bonchev–Trinajstić information content (AvgIpc) is 2.62. The van der Waals surface area contributed by atoms with Gasteiger partial charge in [-0.3, -0.25) is 0 Å². The number of β-amino-alcohol motifs (C(OH)–C–C–N with tert-alkyl or cyclic N) is 1. The molecule has 1 aromatic rings. The summed E-state index contributed by atoms with van der Waals surface area (Å²) in [5.41, 5.74) is 3.98. The molecule has 0 saturated carbocycles. The molecule has 3 rings (SSSR count). The Morgan fingerprint density at radius 3 is 2.68 bits per heavy atom. The highest BCUT2D eigenvalue weighted by Crippen LogP contribution is 2.35. The van der Waals surface area contributed by atoms with Crippen LogP contribution in [0, 0.1) is 0 Å². The maximum absolute atomic E-state index is 9.14. The Morgan fingerprint density at radius 2 is 1.95 bits per heavy atom. The van der Waals surface area contributed by atoms with Gasteiger partial charge in [0.25, 0.3) is 0 Å². The van der Waals surface area contributed by atoms with E-state index in [9.17, 15) is 0 Å². The Balaban J connectivity index is 0.00000133. The smallest absolute Gasteiger partial charge is 0.142 e. The molecular weight excluding hydrogens is 240 g/mol. The van der Waals surface area contributed by atoms with Crippen molar-refractivity contribution < 1.29 is 9.84 Å². The third-order valence-corrected chi connectivity index (χ3v) is 3.75. The van der Waals surface area contributed by atoms with E-state index in [1.807, 2.05) is 0 Å². The first kappa shape index (κ1) is 14.2. The van der Waals surface area contributed by atoms with Crippen LogP contribution in [0.3, 0.4) is 0 Å². The normalized spacial score (nSPS) is 17.6. The number of hydrogen-bond acceptors (Lipinski definition) is 4. The maximum Gasteiger partial charge on any atom is 0.142 e. The number of hydrogen-bond donors (Lipinski definition) is 2. The summed E-state index contributed by atoms with van der Waals surface area (Å²) in [6.45, 7) is 4.55. The van der Waals surface area contributed by atoms with E-state index < -0.39 is 0 Å². The molecule has 4 nitrogen and oxygen atoms in total. The van der Waals surface area contributed by atoms with Gasteiger partial charge in [0.05, 0.1) is 18.8 Å². The standard InChI is InChI=1S/C14H20N2O2.CH4/c17-7-5-16-6-8-18-14-10-12-2-4-15-3-1-11(12)9-13(14)16;/h9-10,15,17H,1-8H2;1H4. The molecule has 0 saturated heterocycles. The lowest BCUT2D eigenvalue weighted by Crippen LogP contribution is -2.35. The van der Waals surface area contributed by atoms with Gasteiger partial charge in [-0.25, -0.2) is 0 Å². The van der Waals surface area contributed by atoms with Crippen molar-refractivity contribution in [1.29, 1.82) is 0 Å². The van der Waals surface area contributed by atoms with Crippen molar-refractivity contribution in [2.24, 2.45) is 0 Å². The second-order valence-electron chi connectivity index (χ2n) is 4.90. The lowest BCUT2D eigenvalue weighted by Gasteiger charge is -2.31. The number of benzene rings is 1. The van der Waals surface area contributed by atoms with Crippen LogP contribution >= 0.6 is 0 Å². The fourth-order valence-corrected chi connectivity index (χ4v) is 2.79. The molecule has 0 radical (unpaired) electrons. The molecule has 2 heterocycles. The molecule has 106 valence electrons. The fourth-order valence-electron chi connectivity index (χ4n) is 2.79. The second-order valence-corrected chi connectivity index (χ2v) is 4.90. The minimum Gasteiger partial charge on any atom is -0.490 e. The van der Waals surface area contributed by atoms with Crippen LogP contribution in [0.1, 0.15) is 18.6 Å². The fraction of sp³-hybridized carbons (Fsp3) is 0.600. The zero-order valence-electron chi connectivity index (χ0n) is 10.6. The van der Waals surface area contributed by atoms with Gasteiger partial charge in [0, 0.05) is 6.54 Å². The number of anilines is 1. The summed E-state index contributed by atoms with van der Waals surface area (Å²) in [5, 5.41) is 12.6. The van der Waals surface area contributed by atoms with Crippen LogP contribution in [0.25, 0.3) is 0 Å². The van der Waals surface area contributed by atoms with Crippen molar-refractivity contribution in [3.05, 3.63) is 23.3 Å². The largest absolute Gasteiger partial charge is 0.490 e. The highest BCUT2D eigenvalue weighted by atomic mass is 16.5. The third-order valence-electron chi connectivity index (χ3n) is 3.75. The lowest BCUT2D eigenvalue weighted by atomic mass is 10.0. The van der Waals surface area contributed by atoms with Crippen LogP contribution in [0.15, 0.2) is 12.1 Å². The zero-order valence-corrected chi connectivity index (χ0v) is 10.6. The van der Waals surface area contributed by atoms with Crippen LogP contribution in [0.5, 0.6) is 5.75 Å². The molecule has 19 heavy (non-hydrogen) atoms. The highest BCUT2D eigenvalue weighted by molar-refractivity contribution is 5.63. The van der Waals surface area contributed by atoms with Crippen molar-refractivity contribution >= 4 is 5.69 Å². The minimum absolute atomic E-state index is 0. The van der Waals surface area contributed by atoms with E-state index in [-0.39, 0.29) is 14.0 Å². The van der Waals surface area contributed by atoms with Gasteiger partial charge in [-0.05, 0) is 49.2 Å². The van der Waals surface area contributed by atoms with Crippen molar-refractivity contribution in [3.8, 4) is 5.75 Å². The van der Waals surface area contributed by atoms with E-state index in [2.05, 4.69) is 22.3 Å². The predicted octanol–water partition coefficient (Wildman–Crippen LogP) is 1.20. The summed E-state index contributed by atoms with van der Waals surface area (Å²) in [6, 6.07) is 4.45. The first-order valence-corrected chi connectivity index (χ1v) is 6.73. The topological polar surface area (TPSA) is 44.7 Å². The van der Waals surface area contributed by atoms with Gasteiger partial charge >= 0.3 is 0 Å². The molecular formula is C15H24N2O2. The Bertz CT molecular complexity index is 434. The van der Waals surface area contributed by atoms with Gasteiger partial charge in [-0.1, -0.05) is 7.43 Å². The predicted molar refractivity (Wildman–Crippen MR) is 78.2 cm³/mol. The summed E-state index contributed by atoms with van der Waals surface area (Å²) in [4.78, 5) is 2.22. The number of rotatable bonds is 2. The first-order valence-electron chi connectivity index (χ1n) is 6.73. The first-order chi connectivity index (χ1) is 8.88. The minimum atomic E-state index is 0. The second kappa shape index (κ2) is 6.26. The molecule has 0 aromatic heterocycles. The van der Waals surface area contributed by atoms with Crippen LogP contribution < -0.4 is 15.0 Å². The number of aliphatic hydroxyl groups excluding tert-OH is 1. The maximum atomic E-state index is 9.14. The van der Waals surface area contributed by atoms with Crippen molar-refractivity contribution in [1.82, 2.24) is 5.32 Å². The summed E-state index contributed by atoms with van der Waals surface area (Å²) in [7, 11) is 0. The molecule has 0 atom stereocenters. The van der Waals surface area contributed by atoms with Crippen LogP contribution in [0.4, 0.5) is 5.69 Å². The molecule has 0 amide bonds. The Hall–Kier alpha value is -1.26. The summed E-state index contributed by atoms with van der Waals surface area (Å²) >= 11 is 0. The van der Waals surface area contributed by atoms with Crippen LogP contribution in [0.2, 0.25) is 0 Å². The van der Waals surface area contributed by atoms with E-state index in [1.54, 1.807) is 0 Å². The number of nitrogens with one attached hydrogen (secondary N) is 1. The van der Waals surface area contributed by atoms with E-state index in [1.165, 1.54) is 11.1 Å². The molecule has 0 spiro atoms. The van der Waals surface area contributed by atoms with E-state index in [0.29, 0.717) is 13.2 Å². The quantitative estimate of drug-likeness (QED) is 0.842. The summed E-state index contributed by atoms with van der Waals surface area (Å²) < 4.78 is 5.76. The van der Waals surface area contributed by atoms with Gasteiger partial charge < -0.3 is 20.1 Å².